The predicted octanol–water partition coefficient (Wildman–Crippen LogP) is -0.388. The highest BCUT2D eigenvalue weighted by Gasteiger charge is 2.42. The first-order valence-corrected chi connectivity index (χ1v) is 7.94. The van der Waals surface area contributed by atoms with Gasteiger partial charge in [0.05, 0.1) is 24.8 Å². The van der Waals surface area contributed by atoms with Gasteiger partial charge in [-0.05, 0) is 18.1 Å². The number of pyridine rings is 1. The molecule has 3 unspecified atom stereocenters. The first-order chi connectivity index (χ1) is 11.5. The average molecular weight is 339 g/mol. The summed E-state index contributed by atoms with van der Waals surface area (Å²) in [4.78, 5) is 28.8. The van der Waals surface area contributed by atoms with Crippen molar-refractivity contribution in [3.8, 4) is 0 Å². The molecule has 0 spiro atoms. The molecule has 0 saturated carbocycles. The second-order valence-corrected chi connectivity index (χ2v) is 5.80. The van der Waals surface area contributed by atoms with Crippen LogP contribution in [0.15, 0.2) is 18.3 Å². The Morgan fingerprint density at radius 3 is 2.79 bits per heavy atom. The number of halogens is 1. The molecular formula is C16H22FN3O4. The monoisotopic (exact) mass is 339 g/mol. The van der Waals surface area contributed by atoms with Crippen LogP contribution in [0, 0.1) is 5.95 Å². The quantitative estimate of drug-likeness (QED) is 0.613. The molecule has 0 bridgehead atoms. The van der Waals surface area contributed by atoms with E-state index in [1.54, 1.807) is 13.0 Å². The molecule has 1 aromatic heterocycles. The zero-order valence-electron chi connectivity index (χ0n) is 13.5. The summed E-state index contributed by atoms with van der Waals surface area (Å²) in [5, 5.41) is 22.3. The minimum atomic E-state index is -1.01. The van der Waals surface area contributed by atoms with Crippen LogP contribution < -0.4 is 5.32 Å². The summed E-state index contributed by atoms with van der Waals surface area (Å²) in [6.07, 6.45) is 1.16. The zero-order valence-corrected chi connectivity index (χ0v) is 13.5. The van der Waals surface area contributed by atoms with E-state index >= 15 is 0 Å². The number of rotatable bonds is 6. The number of amides is 2. The Hall–Kier alpha value is -2.06. The number of aliphatic hydroxyl groups excluding tert-OH is 2. The fourth-order valence-corrected chi connectivity index (χ4v) is 2.79. The van der Waals surface area contributed by atoms with E-state index in [-0.39, 0.29) is 37.8 Å². The van der Waals surface area contributed by atoms with Crippen molar-refractivity contribution in [2.24, 2.45) is 0 Å². The third-order valence-corrected chi connectivity index (χ3v) is 4.19. The first-order valence-electron chi connectivity index (χ1n) is 7.94. The molecule has 24 heavy (non-hydrogen) atoms. The summed E-state index contributed by atoms with van der Waals surface area (Å²) in [7, 11) is 0. The molecule has 1 fully saturated rings. The van der Waals surface area contributed by atoms with Gasteiger partial charge < -0.3 is 20.4 Å². The molecule has 3 atom stereocenters. The van der Waals surface area contributed by atoms with Crippen molar-refractivity contribution < 1.29 is 24.2 Å². The summed E-state index contributed by atoms with van der Waals surface area (Å²) in [5.41, 5.74) is 0.723. The standard InChI is InChI=1S/C16H22FN3O4/c1-2-14(22)19-11-8-20(12(9-21)16(11)24)15(23)6-4-10-3-5-13(17)18-7-10/h3,5,7,11-12,16,21,24H,2,4,6,8-9H2,1H3,(H,19,22). The lowest BCUT2D eigenvalue weighted by molar-refractivity contribution is -0.133. The number of aromatic nitrogens is 1. The summed E-state index contributed by atoms with van der Waals surface area (Å²) in [6, 6.07) is 1.45. The fourth-order valence-electron chi connectivity index (χ4n) is 2.79. The molecule has 2 rings (SSSR count). The second kappa shape index (κ2) is 8.16. The number of hydrogen-bond donors (Lipinski definition) is 3. The maximum Gasteiger partial charge on any atom is 0.223 e. The Kier molecular flexibility index (Phi) is 6.22. The van der Waals surface area contributed by atoms with Crippen LogP contribution in [-0.4, -0.2) is 63.3 Å². The number of nitrogens with one attached hydrogen (secondary N) is 1. The number of nitrogens with zero attached hydrogens (tertiary/aromatic N) is 2. The van der Waals surface area contributed by atoms with E-state index in [0.717, 1.165) is 5.56 Å². The van der Waals surface area contributed by atoms with Crippen molar-refractivity contribution in [3.63, 3.8) is 0 Å². The second-order valence-electron chi connectivity index (χ2n) is 5.80. The molecule has 8 heteroatoms. The van der Waals surface area contributed by atoms with E-state index < -0.39 is 24.1 Å². The number of aryl methyl sites for hydroxylation is 1. The number of hydrogen-bond acceptors (Lipinski definition) is 5. The van der Waals surface area contributed by atoms with Crippen LogP contribution >= 0.6 is 0 Å². The molecule has 1 aliphatic rings. The van der Waals surface area contributed by atoms with Crippen molar-refractivity contribution in [2.75, 3.05) is 13.2 Å². The van der Waals surface area contributed by atoms with Crippen molar-refractivity contribution in [1.29, 1.82) is 0 Å². The molecule has 7 nitrogen and oxygen atoms in total. The van der Waals surface area contributed by atoms with Crippen molar-refractivity contribution in [3.05, 3.63) is 29.8 Å². The van der Waals surface area contributed by atoms with Crippen LogP contribution in [0.4, 0.5) is 4.39 Å². The van der Waals surface area contributed by atoms with E-state index in [1.807, 2.05) is 0 Å². The first kappa shape index (κ1) is 18.3. The SMILES string of the molecule is CCC(=O)NC1CN(C(=O)CCc2ccc(F)nc2)C(CO)C1O. The van der Waals surface area contributed by atoms with Gasteiger partial charge >= 0.3 is 0 Å². The van der Waals surface area contributed by atoms with Crippen LogP contribution in [0.5, 0.6) is 0 Å². The summed E-state index contributed by atoms with van der Waals surface area (Å²) >= 11 is 0. The minimum absolute atomic E-state index is 0.144. The fraction of sp³-hybridized carbons (Fsp3) is 0.562. The molecule has 0 radical (unpaired) electrons. The molecular weight excluding hydrogens is 317 g/mol. The van der Waals surface area contributed by atoms with Crippen LogP contribution in [0.25, 0.3) is 0 Å². The molecule has 2 amide bonds. The van der Waals surface area contributed by atoms with E-state index in [2.05, 4.69) is 10.3 Å². The molecule has 1 aromatic rings. The Balaban J connectivity index is 1.96. The predicted molar refractivity (Wildman–Crippen MR) is 83.3 cm³/mol. The van der Waals surface area contributed by atoms with Crippen LogP contribution in [0.3, 0.4) is 0 Å². The highest BCUT2D eigenvalue weighted by Crippen LogP contribution is 2.20. The summed E-state index contributed by atoms with van der Waals surface area (Å²) in [5.74, 6) is -1.05. The van der Waals surface area contributed by atoms with Gasteiger partial charge in [-0.1, -0.05) is 13.0 Å². The smallest absolute Gasteiger partial charge is 0.223 e. The Bertz CT molecular complexity index is 581. The number of aliphatic hydroxyl groups is 2. The summed E-state index contributed by atoms with van der Waals surface area (Å²) in [6.45, 7) is 1.46. The van der Waals surface area contributed by atoms with Gasteiger partial charge in [-0.3, -0.25) is 9.59 Å². The van der Waals surface area contributed by atoms with E-state index in [1.165, 1.54) is 17.2 Å². The molecule has 132 valence electrons. The van der Waals surface area contributed by atoms with Gasteiger partial charge in [0.2, 0.25) is 17.8 Å². The number of likely N-dealkylation sites (tertiary alicyclic amines) is 1. The van der Waals surface area contributed by atoms with Gasteiger partial charge in [0.25, 0.3) is 0 Å². The number of carbonyl (C=O) groups is 2. The summed E-state index contributed by atoms with van der Waals surface area (Å²) < 4.78 is 12.8. The van der Waals surface area contributed by atoms with Crippen LogP contribution in [0.2, 0.25) is 0 Å². The minimum Gasteiger partial charge on any atom is -0.394 e. The average Bonchev–Trinajstić information content (AvgIpc) is 2.89. The normalized spacial score (nSPS) is 23.3. The van der Waals surface area contributed by atoms with Gasteiger partial charge in [0, 0.05) is 25.6 Å². The van der Waals surface area contributed by atoms with Crippen LogP contribution in [-0.2, 0) is 16.0 Å². The maximum absolute atomic E-state index is 12.8. The van der Waals surface area contributed by atoms with Gasteiger partial charge in [0.1, 0.15) is 0 Å². The van der Waals surface area contributed by atoms with Crippen molar-refractivity contribution in [2.45, 2.75) is 44.4 Å². The van der Waals surface area contributed by atoms with Crippen molar-refractivity contribution in [1.82, 2.24) is 15.2 Å². The highest BCUT2D eigenvalue weighted by atomic mass is 19.1. The van der Waals surface area contributed by atoms with Gasteiger partial charge in [-0.2, -0.15) is 4.39 Å². The van der Waals surface area contributed by atoms with E-state index in [0.29, 0.717) is 6.42 Å². The lowest BCUT2D eigenvalue weighted by Crippen LogP contribution is -2.45. The molecule has 0 aliphatic carbocycles. The Morgan fingerprint density at radius 1 is 1.46 bits per heavy atom. The Morgan fingerprint density at radius 2 is 2.21 bits per heavy atom. The van der Waals surface area contributed by atoms with Crippen LogP contribution in [0.1, 0.15) is 25.3 Å². The highest BCUT2D eigenvalue weighted by molar-refractivity contribution is 5.78. The van der Waals surface area contributed by atoms with Gasteiger partial charge in [0.15, 0.2) is 0 Å². The third-order valence-electron chi connectivity index (χ3n) is 4.19. The topological polar surface area (TPSA) is 103 Å². The van der Waals surface area contributed by atoms with Gasteiger partial charge in [-0.15, -0.1) is 0 Å². The Labute approximate surface area is 139 Å². The molecule has 2 heterocycles. The van der Waals surface area contributed by atoms with E-state index in [9.17, 15) is 24.2 Å². The van der Waals surface area contributed by atoms with Gasteiger partial charge in [-0.25, -0.2) is 4.98 Å². The third kappa shape index (κ3) is 4.27. The molecule has 1 saturated heterocycles. The lowest BCUT2D eigenvalue weighted by Gasteiger charge is -2.24. The van der Waals surface area contributed by atoms with E-state index in [4.69, 9.17) is 0 Å². The maximum atomic E-state index is 12.8. The lowest BCUT2D eigenvalue weighted by atomic mass is 10.1. The van der Waals surface area contributed by atoms with Crippen molar-refractivity contribution >= 4 is 11.8 Å². The molecule has 0 aromatic carbocycles. The zero-order chi connectivity index (χ0) is 17.7. The molecule has 1 aliphatic heterocycles. The molecule has 3 N–H and O–H groups in total. The largest absolute Gasteiger partial charge is 0.394 e. The number of carbonyl (C=O) groups excluding carboxylic acids is 2.